The zero-order valence-corrected chi connectivity index (χ0v) is 13.8. The Labute approximate surface area is 136 Å². The van der Waals surface area contributed by atoms with E-state index in [-0.39, 0.29) is 5.91 Å². The summed E-state index contributed by atoms with van der Waals surface area (Å²) in [5.74, 6) is -0.281. The van der Waals surface area contributed by atoms with Gasteiger partial charge in [-0.2, -0.15) is 0 Å². The Balaban J connectivity index is 1.99. The van der Waals surface area contributed by atoms with Gasteiger partial charge in [0.15, 0.2) is 0 Å². The van der Waals surface area contributed by atoms with Crippen LogP contribution in [0.2, 0.25) is 0 Å². The number of amides is 2. The van der Waals surface area contributed by atoms with Crippen LogP contribution in [0.3, 0.4) is 0 Å². The lowest BCUT2D eigenvalue weighted by molar-refractivity contribution is -0.127. The van der Waals surface area contributed by atoms with Gasteiger partial charge in [-0.25, -0.2) is 4.79 Å². The molecule has 2 amide bonds. The molecule has 2 N–H and O–H groups in total. The number of benzene rings is 1. The molecule has 1 aromatic carbocycles. The molecule has 6 heteroatoms. The van der Waals surface area contributed by atoms with E-state index in [1.54, 1.807) is 20.8 Å². The van der Waals surface area contributed by atoms with Gasteiger partial charge in [0, 0.05) is 6.54 Å². The number of carbonyl (C=O) groups excluding carboxylic acids is 2. The number of aliphatic hydroxyl groups is 1. The van der Waals surface area contributed by atoms with E-state index in [1.807, 2.05) is 30.3 Å². The van der Waals surface area contributed by atoms with Gasteiger partial charge in [-0.1, -0.05) is 30.3 Å². The Kier molecular flexibility index (Phi) is 5.26. The highest BCUT2D eigenvalue weighted by molar-refractivity contribution is 5.86. The summed E-state index contributed by atoms with van der Waals surface area (Å²) in [5, 5.41) is 12.8. The van der Waals surface area contributed by atoms with E-state index in [0.29, 0.717) is 19.4 Å². The molecule has 0 bridgehead atoms. The SMILES string of the molecule is CC(C)(C)OC(=O)N1C(O)CC[C@H]1C(=O)NCc1ccccc1. The highest BCUT2D eigenvalue weighted by Crippen LogP contribution is 2.25. The second kappa shape index (κ2) is 7.00. The van der Waals surface area contributed by atoms with Gasteiger partial charge in [0.05, 0.1) is 0 Å². The van der Waals surface area contributed by atoms with Crippen molar-refractivity contribution >= 4 is 12.0 Å². The molecule has 1 aliphatic heterocycles. The van der Waals surface area contributed by atoms with Crippen molar-refractivity contribution in [3.8, 4) is 0 Å². The summed E-state index contributed by atoms with van der Waals surface area (Å²) < 4.78 is 5.28. The lowest BCUT2D eigenvalue weighted by Gasteiger charge is -2.29. The zero-order valence-electron chi connectivity index (χ0n) is 13.8. The van der Waals surface area contributed by atoms with Crippen molar-refractivity contribution in [1.82, 2.24) is 10.2 Å². The quantitative estimate of drug-likeness (QED) is 0.893. The molecule has 0 aromatic heterocycles. The topological polar surface area (TPSA) is 78.9 Å². The maximum absolute atomic E-state index is 12.4. The highest BCUT2D eigenvalue weighted by Gasteiger charge is 2.42. The van der Waals surface area contributed by atoms with Crippen molar-refractivity contribution in [2.45, 2.75) is 58.0 Å². The number of hydrogen-bond acceptors (Lipinski definition) is 4. The lowest BCUT2D eigenvalue weighted by atomic mass is 10.2. The number of aliphatic hydroxyl groups excluding tert-OH is 1. The van der Waals surface area contributed by atoms with E-state index in [0.717, 1.165) is 10.5 Å². The van der Waals surface area contributed by atoms with E-state index in [9.17, 15) is 14.7 Å². The molecule has 6 nitrogen and oxygen atoms in total. The van der Waals surface area contributed by atoms with E-state index in [4.69, 9.17) is 4.74 Å². The van der Waals surface area contributed by atoms with Crippen LogP contribution in [-0.4, -0.2) is 39.9 Å². The van der Waals surface area contributed by atoms with Gasteiger partial charge in [-0.3, -0.25) is 9.69 Å². The molecule has 0 aliphatic carbocycles. The lowest BCUT2D eigenvalue weighted by Crippen LogP contribution is -2.50. The first-order chi connectivity index (χ1) is 10.8. The zero-order chi connectivity index (χ0) is 17.0. The van der Waals surface area contributed by atoms with Crippen molar-refractivity contribution in [3.05, 3.63) is 35.9 Å². The van der Waals surface area contributed by atoms with Gasteiger partial charge < -0.3 is 15.2 Å². The average Bonchev–Trinajstić information content (AvgIpc) is 2.86. The molecule has 1 unspecified atom stereocenters. The van der Waals surface area contributed by atoms with Crippen LogP contribution in [0.15, 0.2) is 30.3 Å². The smallest absolute Gasteiger partial charge is 0.413 e. The molecular formula is C17H24N2O4. The fourth-order valence-electron chi connectivity index (χ4n) is 2.52. The Morgan fingerprint density at radius 1 is 1.26 bits per heavy atom. The van der Waals surface area contributed by atoms with E-state index >= 15 is 0 Å². The number of nitrogens with zero attached hydrogens (tertiary/aromatic N) is 1. The largest absolute Gasteiger partial charge is 0.444 e. The van der Waals surface area contributed by atoms with Gasteiger partial charge in [-0.05, 0) is 39.2 Å². The fourth-order valence-corrected chi connectivity index (χ4v) is 2.52. The first kappa shape index (κ1) is 17.3. The predicted molar refractivity (Wildman–Crippen MR) is 85.4 cm³/mol. The molecule has 0 saturated carbocycles. The number of rotatable bonds is 3. The molecule has 23 heavy (non-hydrogen) atoms. The van der Waals surface area contributed by atoms with Crippen LogP contribution >= 0.6 is 0 Å². The van der Waals surface area contributed by atoms with Crippen LogP contribution < -0.4 is 5.32 Å². The first-order valence-corrected chi connectivity index (χ1v) is 7.79. The number of carbonyl (C=O) groups is 2. The van der Waals surface area contributed by atoms with E-state index in [1.165, 1.54) is 0 Å². The van der Waals surface area contributed by atoms with Crippen molar-refractivity contribution in [2.75, 3.05) is 0 Å². The molecule has 0 radical (unpaired) electrons. The average molecular weight is 320 g/mol. The van der Waals surface area contributed by atoms with Crippen LogP contribution in [0, 0.1) is 0 Å². The number of nitrogens with one attached hydrogen (secondary N) is 1. The van der Waals surface area contributed by atoms with E-state index < -0.39 is 24.0 Å². The van der Waals surface area contributed by atoms with E-state index in [2.05, 4.69) is 5.32 Å². The third-order valence-electron chi connectivity index (χ3n) is 3.57. The molecular weight excluding hydrogens is 296 g/mol. The third-order valence-corrected chi connectivity index (χ3v) is 3.57. The third kappa shape index (κ3) is 4.69. The summed E-state index contributed by atoms with van der Waals surface area (Å²) in [7, 11) is 0. The summed E-state index contributed by atoms with van der Waals surface area (Å²) in [6.45, 7) is 5.63. The van der Waals surface area contributed by atoms with Gasteiger partial charge >= 0.3 is 6.09 Å². The molecule has 2 atom stereocenters. The number of hydrogen-bond donors (Lipinski definition) is 2. The number of likely N-dealkylation sites (tertiary alicyclic amines) is 1. The molecule has 1 aromatic rings. The van der Waals surface area contributed by atoms with Gasteiger partial charge in [0.25, 0.3) is 0 Å². The minimum Gasteiger partial charge on any atom is -0.444 e. The van der Waals surface area contributed by atoms with Gasteiger partial charge in [0.1, 0.15) is 17.9 Å². The summed E-state index contributed by atoms with van der Waals surface area (Å²) >= 11 is 0. The van der Waals surface area contributed by atoms with Crippen LogP contribution in [0.1, 0.15) is 39.2 Å². The summed E-state index contributed by atoms with van der Waals surface area (Å²) in [5.41, 5.74) is 0.299. The van der Waals surface area contributed by atoms with Crippen molar-refractivity contribution < 1.29 is 19.4 Å². The maximum Gasteiger partial charge on any atom is 0.413 e. The molecule has 1 fully saturated rings. The molecule has 1 saturated heterocycles. The van der Waals surface area contributed by atoms with Crippen LogP contribution in [0.25, 0.3) is 0 Å². The second-order valence-corrected chi connectivity index (χ2v) is 6.66. The van der Waals surface area contributed by atoms with Gasteiger partial charge in [-0.15, -0.1) is 0 Å². The highest BCUT2D eigenvalue weighted by atomic mass is 16.6. The number of ether oxygens (including phenoxy) is 1. The van der Waals surface area contributed by atoms with Crippen molar-refractivity contribution in [3.63, 3.8) is 0 Å². The Morgan fingerprint density at radius 2 is 1.91 bits per heavy atom. The normalized spacial score (nSPS) is 21.1. The van der Waals surface area contributed by atoms with Crippen molar-refractivity contribution in [2.24, 2.45) is 0 Å². The molecule has 2 rings (SSSR count). The fraction of sp³-hybridized carbons (Fsp3) is 0.529. The molecule has 1 aliphatic rings. The van der Waals surface area contributed by atoms with Crippen LogP contribution in [0.5, 0.6) is 0 Å². The van der Waals surface area contributed by atoms with Gasteiger partial charge in [0.2, 0.25) is 5.91 Å². The standard InChI is InChI=1S/C17H24N2O4/c1-17(2,3)23-16(22)19-13(9-10-14(19)20)15(21)18-11-12-7-5-4-6-8-12/h4-8,13-14,20H,9-11H2,1-3H3,(H,18,21)/t13-,14?/m0/s1. The molecule has 1 heterocycles. The predicted octanol–water partition coefficient (Wildman–Crippen LogP) is 2.02. The Bertz CT molecular complexity index is 553. The minimum absolute atomic E-state index is 0.281. The molecule has 0 spiro atoms. The maximum atomic E-state index is 12.4. The van der Waals surface area contributed by atoms with Crippen molar-refractivity contribution in [1.29, 1.82) is 0 Å². The monoisotopic (exact) mass is 320 g/mol. The van der Waals surface area contributed by atoms with Crippen LogP contribution in [-0.2, 0) is 16.1 Å². The Morgan fingerprint density at radius 3 is 2.52 bits per heavy atom. The Hall–Kier alpha value is -2.08. The summed E-state index contributed by atoms with van der Waals surface area (Å²) in [6, 6.07) is 8.82. The summed E-state index contributed by atoms with van der Waals surface area (Å²) in [4.78, 5) is 25.7. The minimum atomic E-state index is -0.989. The summed E-state index contributed by atoms with van der Waals surface area (Å²) in [6.07, 6.45) is -0.872. The second-order valence-electron chi connectivity index (χ2n) is 6.66. The first-order valence-electron chi connectivity index (χ1n) is 7.79. The van der Waals surface area contributed by atoms with Crippen LogP contribution in [0.4, 0.5) is 4.79 Å². The molecule has 126 valence electrons.